The molecule has 1 aliphatic rings. The quantitative estimate of drug-likeness (QED) is 0.659. The molecule has 4 rings (SSSR count). The smallest absolute Gasteiger partial charge is 0.267 e. The number of pyridine rings is 1. The summed E-state index contributed by atoms with van der Waals surface area (Å²) in [7, 11) is 0. The molecule has 1 aromatic heterocycles. The largest absolute Gasteiger partial charge is 0.492 e. The molecule has 7 nitrogen and oxygen atoms in total. The number of amides is 2. The molecule has 1 aliphatic heterocycles. The van der Waals surface area contributed by atoms with E-state index >= 15 is 0 Å². The molecule has 7 heteroatoms. The minimum Gasteiger partial charge on any atom is -0.492 e. The molecule has 1 unspecified atom stereocenters. The summed E-state index contributed by atoms with van der Waals surface area (Å²) in [5, 5.41) is 2.83. The van der Waals surface area contributed by atoms with Gasteiger partial charge in [-0.15, -0.1) is 0 Å². The fourth-order valence-electron chi connectivity index (χ4n) is 3.31. The lowest BCUT2D eigenvalue weighted by molar-refractivity contribution is -0.125. The Bertz CT molecular complexity index is 1080. The van der Waals surface area contributed by atoms with Gasteiger partial charge in [-0.25, -0.2) is 0 Å². The van der Waals surface area contributed by atoms with Crippen LogP contribution in [0.1, 0.15) is 22.8 Å². The Morgan fingerprint density at radius 1 is 1.19 bits per heavy atom. The number of nitrogens with zero attached hydrogens (tertiary/aromatic N) is 2. The van der Waals surface area contributed by atoms with Gasteiger partial charge in [0.1, 0.15) is 18.1 Å². The molecule has 1 atom stereocenters. The number of nitrogens with one attached hydrogen (secondary N) is 1. The van der Waals surface area contributed by atoms with Crippen molar-refractivity contribution in [2.24, 2.45) is 0 Å². The van der Waals surface area contributed by atoms with Gasteiger partial charge in [0.25, 0.3) is 11.8 Å². The maximum absolute atomic E-state index is 12.7. The minimum atomic E-state index is -0.629. The molecule has 158 valence electrons. The van der Waals surface area contributed by atoms with Crippen LogP contribution >= 0.6 is 0 Å². The Kier molecular flexibility index (Phi) is 5.84. The molecule has 0 saturated heterocycles. The summed E-state index contributed by atoms with van der Waals surface area (Å²) in [5.74, 6) is 0.892. The molecule has 0 saturated carbocycles. The number of anilines is 2. The SMILES string of the molecule is Cc1ccc(OCCN2C(=O)C(C)Oc3cc(NC(=O)c4cccnc4)ccc32)cc1. The van der Waals surface area contributed by atoms with Gasteiger partial charge in [-0.2, -0.15) is 0 Å². The molecule has 2 heterocycles. The van der Waals surface area contributed by atoms with Gasteiger partial charge >= 0.3 is 0 Å². The number of ether oxygens (including phenoxy) is 2. The maximum Gasteiger partial charge on any atom is 0.267 e. The molecule has 0 fully saturated rings. The molecule has 0 radical (unpaired) electrons. The van der Waals surface area contributed by atoms with Crippen LogP contribution in [0.5, 0.6) is 11.5 Å². The highest BCUT2D eigenvalue weighted by atomic mass is 16.5. The topological polar surface area (TPSA) is 80.8 Å². The van der Waals surface area contributed by atoms with Gasteiger partial charge in [0.05, 0.1) is 17.8 Å². The third-order valence-corrected chi connectivity index (χ3v) is 4.95. The first kappa shape index (κ1) is 20.4. The van der Waals surface area contributed by atoms with Crippen molar-refractivity contribution in [3.05, 3.63) is 78.1 Å². The van der Waals surface area contributed by atoms with Crippen molar-refractivity contribution in [2.45, 2.75) is 20.0 Å². The molecule has 1 N–H and O–H groups in total. The fraction of sp³-hybridized carbons (Fsp3) is 0.208. The molecule has 0 spiro atoms. The summed E-state index contributed by atoms with van der Waals surface area (Å²) in [6, 6.07) is 16.4. The zero-order valence-corrected chi connectivity index (χ0v) is 17.4. The van der Waals surface area contributed by atoms with E-state index in [1.807, 2.05) is 31.2 Å². The molecular formula is C24H23N3O4. The normalized spacial score (nSPS) is 15.1. The number of fused-ring (bicyclic) bond motifs is 1. The first-order chi connectivity index (χ1) is 15.0. The Labute approximate surface area is 180 Å². The van der Waals surface area contributed by atoms with Gasteiger partial charge in [-0.3, -0.25) is 14.6 Å². The van der Waals surface area contributed by atoms with Crippen molar-refractivity contribution in [1.29, 1.82) is 0 Å². The summed E-state index contributed by atoms with van der Waals surface area (Å²) in [5.41, 5.74) is 2.84. The Morgan fingerprint density at radius 3 is 2.74 bits per heavy atom. The van der Waals surface area contributed by atoms with Crippen LogP contribution in [-0.2, 0) is 4.79 Å². The van der Waals surface area contributed by atoms with Crippen molar-refractivity contribution in [1.82, 2.24) is 4.98 Å². The van der Waals surface area contributed by atoms with Gasteiger partial charge in [0.15, 0.2) is 6.10 Å². The predicted molar refractivity (Wildman–Crippen MR) is 118 cm³/mol. The second kappa shape index (κ2) is 8.87. The molecule has 0 bridgehead atoms. The van der Waals surface area contributed by atoms with Crippen LogP contribution < -0.4 is 19.7 Å². The van der Waals surface area contributed by atoms with E-state index in [9.17, 15) is 9.59 Å². The molecule has 31 heavy (non-hydrogen) atoms. The number of hydrogen-bond acceptors (Lipinski definition) is 5. The van der Waals surface area contributed by atoms with Crippen LogP contribution in [-0.4, -0.2) is 36.1 Å². The molecule has 3 aromatic rings. The number of carbonyl (C=O) groups excluding carboxylic acids is 2. The maximum atomic E-state index is 12.7. The standard InChI is InChI=1S/C24H23N3O4/c1-16-5-8-20(9-6-16)30-13-12-27-21-10-7-19(14-22(21)31-17(2)24(27)29)26-23(28)18-4-3-11-25-15-18/h3-11,14-15,17H,12-13H2,1-2H3,(H,26,28). The first-order valence-electron chi connectivity index (χ1n) is 10.0. The number of rotatable bonds is 6. The zero-order valence-electron chi connectivity index (χ0n) is 17.4. The summed E-state index contributed by atoms with van der Waals surface area (Å²) in [6.45, 7) is 4.46. The lowest BCUT2D eigenvalue weighted by atomic mass is 10.1. The van der Waals surface area contributed by atoms with Crippen LogP contribution in [0.4, 0.5) is 11.4 Å². The predicted octanol–water partition coefficient (Wildman–Crippen LogP) is 3.84. The summed E-state index contributed by atoms with van der Waals surface area (Å²) in [4.78, 5) is 30.7. The summed E-state index contributed by atoms with van der Waals surface area (Å²) >= 11 is 0. The number of benzene rings is 2. The number of carbonyl (C=O) groups is 2. The zero-order chi connectivity index (χ0) is 21.8. The summed E-state index contributed by atoms with van der Waals surface area (Å²) < 4.78 is 11.6. The van der Waals surface area contributed by atoms with Crippen LogP contribution in [0.3, 0.4) is 0 Å². The van der Waals surface area contributed by atoms with Crippen LogP contribution in [0.25, 0.3) is 0 Å². The van der Waals surface area contributed by atoms with Crippen molar-refractivity contribution >= 4 is 23.2 Å². The van der Waals surface area contributed by atoms with Gasteiger partial charge in [0, 0.05) is 24.1 Å². The average molecular weight is 417 g/mol. The average Bonchev–Trinajstić information content (AvgIpc) is 2.78. The highest BCUT2D eigenvalue weighted by Gasteiger charge is 2.31. The van der Waals surface area contributed by atoms with Crippen molar-refractivity contribution < 1.29 is 19.1 Å². The van der Waals surface area contributed by atoms with Crippen LogP contribution in [0.2, 0.25) is 0 Å². The van der Waals surface area contributed by atoms with E-state index in [-0.39, 0.29) is 11.8 Å². The molecule has 2 amide bonds. The highest BCUT2D eigenvalue weighted by molar-refractivity contribution is 6.05. The van der Waals surface area contributed by atoms with Crippen LogP contribution in [0.15, 0.2) is 67.0 Å². The number of aryl methyl sites for hydroxylation is 1. The fourth-order valence-corrected chi connectivity index (χ4v) is 3.31. The second-order valence-electron chi connectivity index (χ2n) is 7.29. The molecular weight excluding hydrogens is 394 g/mol. The lowest BCUT2D eigenvalue weighted by Gasteiger charge is -2.33. The second-order valence-corrected chi connectivity index (χ2v) is 7.29. The third-order valence-electron chi connectivity index (χ3n) is 4.95. The number of hydrogen-bond donors (Lipinski definition) is 1. The van der Waals surface area contributed by atoms with Gasteiger partial charge in [0.2, 0.25) is 0 Å². The van der Waals surface area contributed by atoms with Crippen molar-refractivity contribution in [2.75, 3.05) is 23.4 Å². The Morgan fingerprint density at radius 2 is 2.00 bits per heavy atom. The first-order valence-corrected chi connectivity index (χ1v) is 10.0. The van der Waals surface area contributed by atoms with E-state index in [1.165, 1.54) is 6.20 Å². The number of aromatic nitrogens is 1. The van der Waals surface area contributed by atoms with E-state index in [1.54, 1.807) is 48.4 Å². The Balaban J connectivity index is 1.47. The van der Waals surface area contributed by atoms with Gasteiger partial charge < -0.3 is 19.7 Å². The van der Waals surface area contributed by atoms with Gasteiger partial charge in [-0.05, 0) is 50.2 Å². The van der Waals surface area contributed by atoms with E-state index in [2.05, 4.69) is 10.3 Å². The minimum absolute atomic E-state index is 0.132. The van der Waals surface area contributed by atoms with E-state index in [0.29, 0.717) is 35.8 Å². The third kappa shape index (κ3) is 4.66. The van der Waals surface area contributed by atoms with Crippen molar-refractivity contribution in [3.8, 4) is 11.5 Å². The lowest BCUT2D eigenvalue weighted by Crippen LogP contribution is -2.46. The van der Waals surface area contributed by atoms with Crippen molar-refractivity contribution in [3.63, 3.8) is 0 Å². The van der Waals surface area contributed by atoms with E-state index < -0.39 is 6.10 Å². The van der Waals surface area contributed by atoms with E-state index in [4.69, 9.17) is 9.47 Å². The molecule has 0 aliphatic carbocycles. The van der Waals surface area contributed by atoms with Crippen LogP contribution in [0, 0.1) is 6.92 Å². The Hall–Kier alpha value is -3.87. The monoisotopic (exact) mass is 417 g/mol. The highest BCUT2D eigenvalue weighted by Crippen LogP contribution is 2.36. The van der Waals surface area contributed by atoms with Gasteiger partial charge in [-0.1, -0.05) is 17.7 Å². The van der Waals surface area contributed by atoms with E-state index in [0.717, 1.165) is 11.3 Å². The molecule has 2 aromatic carbocycles. The summed E-state index contributed by atoms with van der Waals surface area (Å²) in [6.07, 6.45) is 2.48.